The fraction of sp³-hybridized carbons (Fsp3) is 0.188. The molecule has 0 aliphatic rings. The maximum absolute atomic E-state index is 11.5. The second-order valence-electron chi connectivity index (χ2n) is 4.84. The van der Waals surface area contributed by atoms with Gasteiger partial charge in [-0.1, -0.05) is 35.0 Å². The molecule has 0 radical (unpaired) electrons. The summed E-state index contributed by atoms with van der Waals surface area (Å²) in [5.74, 6) is 0.316. The Morgan fingerprint density at radius 1 is 1.23 bits per heavy atom. The van der Waals surface area contributed by atoms with Crippen LogP contribution >= 0.6 is 0 Å². The monoisotopic (exact) mass is 298 g/mol. The average Bonchev–Trinajstić information content (AvgIpc) is 2.93. The Hall–Kier alpha value is -2.89. The third-order valence-corrected chi connectivity index (χ3v) is 3.35. The fourth-order valence-electron chi connectivity index (χ4n) is 2.22. The second kappa shape index (κ2) is 5.85. The molecule has 0 spiro atoms. The van der Waals surface area contributed by atoms with Gasteiger partial charge in [0.05, 0.1) is 12.3 Å². The zero-order chi connectivity index (χ0) is 15.5. The van der Waals surface area contributed by atoms with Crippen molar-refractivity contribution < 1.29 is 19.0 Å². The molecule has 6 heteroatoms. The maximum atomic E-state index is 11.5. The fourth-order valence-corrected chi connectivity index (χ4v) is 2.22. The lowest BCUT2D eigenvalue weighted by Gasteiger charge is -2.04. The third kappa shape index (κ3) is 2.76. The first-order valence-electron chi connectivity index (χ1n) is 6.81. The van der Waals surface area contributed by atoms with E-state index in [9.17, 15) is 4.79 Å². The van der Waals surface area contributed by atoms with Crippen LogP contribution in [-0.2, 0) is 18.5 Å². The molecular formula is C16H16N3O3+. The Balaban J connectivity index is 1.75. The number of nitrogens with zero attached hydrogens (tertiary/aromatic N) is 3. The third-order valence-electron chi connectivity index (χ3n) is 3.35. The van der Waals surface area contributed by atoms with Crippen LogP contribution in [0.15, 0.2) is 48.7 Å². The van der Waals surface area contributed by atoms with Gasteiger partial charge < -0.3 is 9.47 Å². The van der Waals surface area contributed by atoms with E-state index in [0.717, 1.165) is 16.5 Å². The molecule has 3 rings (SSSR count). The number of fused-ring (bicyclic) bond motifs is 1. The van der Waals surface area contributed by atoms with E-state index < -0.39 is 5.97 Å². The molecule has 3 aromatic rings. The summed E-state index contributed by atoms with van der Waals surface area (Å²) in [5, 5.41) is 6.44. The first-order chi connectivity index (χ1) is 10.7. The van der Waals surface area contributed by atoms with Gasteiger partial charge in [-0.25, -0.2) is 4.79 Å². The summed E-state index contributed by atoms with van der Waals surface area (Å²) in [4.78, 5) is 11.5. The molecule has 2 aromatic carbocycles. The van der Waals surface area contributed by atoms with Gasteiger partial charge in [-0.3, -0.25) is 0 Å². The first-order valence-corrected chi connectivity index (χ1v) is 6.81. The largest absolute Gasteiger partial charge is 0.463 e. The van der Waals surface area contributed by atoms with Gasteiger partial charge in [0.25, 0.3) is 12.4 Å². The zero-order valence-electron chi connectivity index (χ0n) is 12.4. The highest BCUT2D eigenvalue weighted by atomic mass is 16.5. The van der Waals surface area contributed by atoms with Gasteiger partial charge in [-0.15, -0.1) is 4.68 Å². The number of carbonyl (C=O) groups is 1. The van der Waals surface area contributed by atoms with Gasteiger partial charge in [-0.2, -0.15) is 0 Å². The normalized spacial score (nSPS) is 10.6. The van der Waals surface area contributed by atoms with E-state index >= 15 is 0 Å². The molecule has 0 atom stereocenters. The van der Waals surface area contributed by atoms with Crippen LogP contribution < -0.4 is 9.42 Å². The van der Waals surface area contributed by atoms with Crippen LogP contribution in [0.2, 0.25) is 0 Å². The molecule has 0 unspecified atom stereocenters. The molecule has 112 valence electrons. The Morgan fingerprint density at radius 3 is 2.77 bits per heavy atom. The van der Waals surface area contributed by atoms with Crippen molar-refractivity contribution in [2.75, 3.05) is 7.11 Å². The highest BCUT2D eigenvalue weighted by Gasteiger charge is 2.20. The van der Waals surface area contributed by atoms with Crippen molar-refractivity contribution in [1.29, 1.82) is 0 Å². The van der Waals surface area contributed by atoms with Crippen LogP contribution in [0.3, 0.4) is 0 Å². The minimum atomic E-state index is -0.431. The topological polar surface area (TPSA) is 57.2 Å². The lowest BCUT2D eigenvalue weighted by Crippen LogP contribution is -2.38. The molecule has 6 nitrogen and oxygen atoms in total. The van der Waals surface area contributed by atoms with Crippen molar-refractivity contribution in [2.45, 2.75) is 6.73 Å². The summed E-state index contributed by atoms with van der Waals surface area (Å²) in [6, 6.07) is 14.0. The Morgan fingerprint density at radius 2 is 2.00 bits per heavy atom. The predicted molar refractivity (Wildman–Crippen MR) is 79.3 cm³/mol. The van der Waals surface area contributed by atoms with E-state index in [1.165, 1.54) is 11.8 Å². The van der Waals surface area contributed by atoms with Gasteiger partial charge in [0, 0.05) is 0 Å². The van der Waals surface area contributed by atoms with Crippen molar-refractivity contribution in [2.24, 2.45) is 7.05 Å². The lowest BCUT2D eigenvalue weighted by atomic mass is 10.1. The number of hydrogen-bond acceptors (Lipinski definition) is 4. The summed E-state index contributed by atoms with van der Waals surface area (Å²) >= 11 is 0. The van der Waals surface area contributed by atoms with E-state index in [2.05, 4.69) is 16.0 Å². The molecule has 0 fully saturated rings. The Bertz CT molecular complexity index is 826. The lowest BCUT2D eigenvalue weighted by molar-refractivity contribution is -0.779. The second-order valence-corrected chi connectivity index (χ2v) is 4.84. The molecule has 1 aromatic heterocycles. The number of benzene rings is 2. The molecule has 0 aliphatic carbocycles. The van der Waals surface area contributed by atoms with Crippen LogP contribution in [-0.4, -0.2) is 23.0 Å². The quantitative estimate of drug-likeness (QED) is 0.543. The van der Waals surface area contributed by atoms with Gasteiger partial charge in [-0.05, 0) is 22.9 Å². The number of aryl methyl sites for hydroxylation is 1. The van der Waals surface area contributed by atoms with Crippen LogP contribution in [0.5, 0.6) is 5.75 Å². The molecule has 0 N–H and O–H groups in total. The number of hydrogen-bond donors (Lipinski definition) is 0. The van der Waals surface area contributed by atoms with Crippen molar-refractivity contribution in [3.8, 4) is 5.75 Å². The Kier molecular flexibility index (Phi) is 3.74. The molecule has 1 heterocycles. The Labute approximate surface area is 127 Å². The maximum Gasteiger partial charge on any atom is 0.384 e. The standard InChI is InChI=1S/C16H16N3O3/c1-18-15(16(20)21-2)10-19(17-18)11-22-14-8-7-12-5-3-4-6-13(12)9-14/h3-10H,11H2,1-2H3/q+1. The van der Waals surface area contributed by atoms with Crippen molar-refractivity contribution in [1.82, 2.24) is 9.90 Å². The van der Waals surface area contributed by atoms with Gasteiger partial charge in [0.2, 0.25) is 0 Å². The summed E-state index contributed by atoms with van der Waals surface area (Å²) in [6.45, 7) is 0.211. The van der Waals surface area contributed by atoms with Crippen LogP contribution in [0.1, 0.15) is 10.5 Å². The van der Waals surface area contributed by atoms with E-state index in [1.54, 1.807) is 17.9 Å². The minimum Gasteiger partial charge on any atom is -0.463 e. The van der Waals surface area contributed by atoms with E-state index in [1.807, 2.05) is 36.4 Å². The molecule has 0 aliphatic heterocycles. The molecular weight excluding hydrogens is 282 g/mol. The summed E-state index contributed by atoms with van der Waals surface area (Å²) in [6.07, 6.45) is 1.59. The van der Waals surface area contributed by atoms with Gasteiger partial charge in [0.1, 0.15) is 12.8 Å². The molecule has 0 amide bonds. The molecule has 0 saturated heterocycles. The smallest absolute Gasteiger partial charge is 0.384 e. The van der Waals surface area contributed by atoms with Crippen LogP contribution in [0, 0.1) is 0 Å². The average molecular weight is 298 g/mol. The van der Waals surface area contributed by atoms with Crippen molar-refractivity contribution in [3.05, 3.63) is 54.4 Å². The summed E-state index contributed by atoms with van der Waals surface area (Å²) in [7, 11) is 3.02. The highest BCUT2D eigenvalue weighted by molar-refractivity contribution is 5.86. The molecule has 0 bridgehead atoms. The van der Waals surface area contributed by atoms with Gasteiger partial charge >= 0.3 is 5.97 Å². The van der Waals surface area contributed by atoms with Crippen LogP contribution in [0.4, 0.5) is 0 Å². The van der Waals surface area contributed by atoms with E-state index in [-0.39, 0.29) is 6.73 Å². The van der Waals surface area contributed by atoms with Crippen molar-refractivity contribution >= 4 is 16.7 Å². The highest BCUT2D eigenvalue weighted by Crippen LogP contribution is 2.20. The number of aromatic nitrogens is 3. The zero-order valence-corrected chi connectivity index (χ0v) is 12.4. The first kappa shape index (κ1) is 14.1. The predicted octanol–water partition coefficient (Wildman–Crippen LogP) is 1.68. The SMILES string of the molecule is COC(=O)c1c[n+](COc2ccc3ccccc3c2)nn1C. The van der Waals surface area contributed by atoms with Gasteiger partial charge in [0.15, 0.2) is 6.20 Å². The number of rotatable bonds is 4. The van der Waals surface area contributed by atoms with Crippen molar-refractivity contribution in [3.63, 3.8) is 0 Å². The van der Waals surface area contributed by atoms with Crippen LogP contribution in [0.25, 0.3) is 10.8 Å². The summed E-state index contributed by atoms with van der Waals surface area (Å²) in [5.41, 5.74) is 0.365. The number of ether oxygens (including phenoxy) is 2. The minimum absolute atomic E-state index is 0.211. The number of carbonyl (C=O) groups excluding carboxylic acids is 1. The molecule has 22 heavy (non-hydrogen) atoms. The van der Waals surface area contributed by atoms with E-state index in [4.69, 9.17) is 4.74 Å². The number of methoxy groups -OCH3 is 1. The number of esters is 1. The summed E-state index contributed by atoms with van der Waals surface area (Å²) < 4.78 is 13.4. The molecule has 0 saturated carbocycles. The van der Waals surface area contributed by atoms with E-state index in [0.29, 0.717) is 5.69 Å².